The molecule has 26 heavy (non-hydrogen) atoms. The summed E-state index contributed by atoms with van der Waals surface area (Å²) < 4.78 is 0. The molecule has 1 aromatic carbocycles. The molecule has 1 aromatic rings. The van der Waals surface area contributed by atoms with Gasteiger partial charge in [0.1, 0.15) is 11.8 Å². The molecule has 2 rings (SSSR count). The van der Waals surface area contributed by atoms with E-state index in [-0.39, 0.29) is 30.4 Å². The van der Waals surface area contributed by atoms with Crippen LogP contribution in [0.2, 0.25) is 0 Å². The molecule has 0 fully saturated rings. The summed E-state index contributed by atoms with van der Waals surface area (Å²) in [7, 11) is 0. The van der Waals surface area contributed by atoms with Gasteiger partial charge >= 0.3 is 0 Å². The first-order chi connectivity index (χ1) is 12.2. The standard InChI is InChI=1S/C19H26N4O3/c1-5-12(3)17(18(20)25)21-19(26)14-8-9-16(24)23(22-14)15-10-11(2)6-7-13(15)4/h6-7,10,12,17H,5,8-9H2,1-4H3,(H2,20,25)(H,21,26). The summed E-state index contributed by atoms with van der Waals surface area (Å²) in [6.45, 7) is 7.59. The number of carbonyl (C=O) groups excluding carboxylic acids is 3. The lowest BCUT2D eigenvalue weighted by Gasteiger charge is -2.26. The molecule has 1 aliphatic rings. The van der Waals surface area contributed by atoms with Crippen LogP contribution in [0, 0.1) is 19.8 Å². The number of nitrogens with zero attached hydrogens (tertiary/aromatic N) is 2. The second-order valence-corrected chi connectivity index (χ2v) is 6.78. The van der Waals surface area contributed by atoms with Gasteiger partial charge in [-0.05, 0) is 37.0 Å². The fourth-order valence-corrected chi connectivity index (χ4v) is 2.81. The summed E-state index contributed by atoms with van der Waals surface area (Å²) in [5.74, 6) is -1.29. The molecule has 2 unspecified atom stereocenters. The Balaban J connectivity index is 2.28. The smallest absolute Gasteiger partial charge is 0.268 e. The van der Waals surface area contributed by atoms with E-state index in [0.717, 1.165) is 11.1 Å². The van der Waals surface area contributed by atoms with Crippen molar-refractivity contribution in [1.29, 1.82) is 0 Å². The number of carbonyl (C=O) groups is 3. The summed E-state index contributed by atoms with van der Waals surface area (Å²) in [4.78, 5) is 36.5. The van der Waals surface area contributed by atoms with Crippen LogP contribution in [0.1, 0.15) is 44.2 Å². The van der Waals surface area contributed by atoms with Crippen molar-refractivity contribution >= 4 is 29.1 Å². The van der Waals surface area contributed by atoms with Crippen molar-refractivity contribution in [2.75, 3.05) is 5.01 Å². The number of aryl methyl sites for hydroxylation is 2. The highest BCUT2D eigenvalue weighted by atomic mass is 16.2. The number of hydrogen-bond acceptors (Lipinski definition) is 4. The normalized spacial score (nSPS) is 16.7. The maximum Gasteiger partial charge on any atom is 0.268 e. The van der Waals surface area contributed by atoms with E-state index in [2.05, 4.69) is 10.4 Å². The van der Waals surface area contributed by atoms with Crippen molar-refractivity contribution in [1.82, 2.24) is 5.32 Å². The molecular formula is C19H26N4O3. The zero-order valence-corrected chi connectivity index (χ0v) is 15.7. The Bertz CT molecular complexity index is 757. The van der Waals surface area contributed by atoms with Crippen LogP contribution >= 0.6 is 0 Å². The molecule has 0 spiro atoms. The Morgan fingerprint density at radius 2 is 2.00 bits per heavy atom. The minimum atomic E-state index is -0.762. The van der Waals surface area contributed by atoms with Gasteiger partial charge < -0.3 is 11.1 Å². The zero-order chi connectivity index (χ0) is 19.4. The van der Waals surface area contributed by atoms with Gasteiger partial charge in [-0.25, -0.2) is 5.01 Å². The number of nitrogens with two attached hydrogens (primary N) is 1. The lowest BCUT2D eigenvalue weighted by atomic mass is 9.98. The third-order valence-corrected chi connectivity index (χ3v) is 4.69. The van der Waals surface area contributed by atoms with Gasteiger partial charge in [-0.1, -0.05) is 32.4 Å². The van der Waals surface area contributed by atoms with Crippen LogP contribution in [0.3, 0.4) is 0 Å². The summed E-state index contributed by atoms with van der Waals surface area (Å²) in [5.41, 5.74) is 8.18. The van der Waals surface area contributed by atoms with E-state index in [1.54, 1.807) is 0 Å². The van der Waals surface area contributed by atoms with Crippen molar-refractivity contribution in [2.45, 2.75) is 53.0 Å². The third kappa shape index (κ3) is 4.28. The lowest BCUT2D eigenvalue weighted by molar-refractivity contribution is -0.125. The maximum absolute atomic E-state index is 12.6. The largest absolute Gasteiger partial charge is 0.368 e. The van der Waals surface area contributed by atoms with Crippen molar-refractivity contribution in [2.24, 2.45) is 16.8 Å². The first-order valence-corrected chi connectivity index (χ1v) is 8.82. The molecule has 1 heterocycles. The van der Waals surface area contributed by atoms with Gasteiger partial charge in [-0.2, -0.15) is 5.10 Å². The molecule has 0 bridgehead atoms. The molecule has 140 valence electrons. The van der Waals surface area contributed by atoms with Crippen molar-refractivity contribution < 1.29 is 14.4 Å². The van der Waals surface area contributed by atoms with Gasteiger partial charge in [-0.15, -0.1) is 0 Å². The van der Waals surface area contributed by atoms with Crippen LogP contribution < -0.4 is 16.1 Å². The van der Waals surface area contributed by atoms with Gasteiger partial charge in [0.25, 0.3) is 5.91 Å². The molecule has 0 radical (unpaired) electrons. The quantitative estimate of drug-likeness (QED) is 0.810. The monoisotopic (exact) mass is 358 g/mol. The van der Waals surface area contributed by atoms with Crippen molar-refractivity contribution in [3.05, 3.63) is 29.3 Å². The molecule has 1 aliphatic heterocycles. The van der Waals surface area contributed by atoms with E-state index < -0.39 is 17.9 Å². The van der Waals surface area contributed by atoms with Crippen LogP contribution in [0.15, 0.2) is 23.3 Å². The molecule has 0 saturated carbocycles. The van der Waals surface area contributed by atoms with Crippen LogP contribution in [0.25, 0.3) is 0 Å². The molecule has 3 amide bonds. The van der Waals surface area contributed by atoms with Gasteiger partial charge in [0.05, 0.1) is 5.69 Å². The highest BCUT2D eigenvalue weighted by molar-refractivity contribution is 6.40. The van der Waals surface area contributed by atoms with Gasteiger partial charge in [0.2, 0.25) is 11.8 Å². The van der Waals surface area contributed by atoms with E-state index >= 15 is 0 Å². The van der Waals surface area contributed by atoms with E-state index in [4.69, 9.17) is 5.73 Å². The van der Waals surface area contributed by atoms with E-state index in [1.165, 1.54) is 5.01 Å². The molecule has 3 N–H and O–H groups in total. The van der Waals surface area contributed by atoms with Crippen LogP contribution in [-0.2, 0) is 14.4 Å². The maximum atomic E-state index is 12.6. The number of amides is 3. The van der Waals surface area contributed by atoms with Gasteiger partial charge in [-0.3, -0.25) is 14.4 Å². The molecule has 0 saturated heterocycles. The fraction of sp³-hybridized carbons (Fsp3) is 0.474. The summed E-state index contributed by atoms with van der Waals surface area (Å²) in [5, 5.41) is 8.22. The number of nitrogens with one attached hydrogen (secondary N) is 1. The Kier molecular flexibility index (Phi) is 6.13. The Morgan fingerprint density at radius 1 is 1.31 bits per heavy atom. The Labute approximate surface area is 153 Å². The van der Waals surface area contributed by atoms with Gasteiger partial charge in [0, 0.05) is 12.8 Å². The first kappa shape index (κ1) is 19.6. The predicted octanol–water partition coefficient (Wildman–Crippen LogP) is 1.80. The average molecular weight is 358 g/mol. The highest BCUT2D eigenvalue weighted by Gasteiger charge is 2.30. The van der Waals surface area contributed by atoms with Crippen molar-refractivity contribution in [3.8, 4) is 0 Å². The summed E-state index contributed by atoms with van der Waals surface area (Å²) in [6, 6.07) is 4.97. The molecule has 7 heteroatoms. The molecule has 0 aliphatic carbocycles. The SMILES string of the molecule is CCC(C)C(NC(=O)C1=NN(c2cc(C)ccc2C)C(=O)CC1)C(N)=O. The van der Waals surface area contributed by atoms with Crippen molar-refractivity contribution in [3.63, 3.8) is 0 Å². The number of rotatable bonds is 6. The molecule has 2 atom stereocenters. The molecular weight excluding hydrogens is 332 g/mol. The number of primary amides is 1. The minimum absolute atomic E-state index is 0.0857. The van der Waals surface area contributed by atoms with Crippen LogP contribution in [0.5, 0.6) is 0 Å². The second kappa shape index (κ2) is 8.12. The van der Waals surface area contributed by atoms with Gasteiger partial charge in [0.15, 0.2) is 0 Å². The number of hydrogen-bond donors (Lipinski definition) is 2. The average Bonchev–Trinajstić information content (AvgIpc) is 2.61. The number of anilines is 1. The third-order valence-electron chi connectivity index (χ3n) is 4.69. The predicted molar refractivity (Wildman–Crippen MR) is 101 cm³/mol. The highest BCUT2D eigenvalue weighted by Crippen LogP contribution is 2.25. The Morgan fingerprint density at radius 3 is 2.62 bits per heavy atom. The summed E-state index contributed by atoms with van der Waals surface area (Å²) >= 11 is 0. The Hall–Kier alpha value is -2.70. The number of hydrazone groups is 1. The molecule has 7 nitrogen and oxygen atoms in total. The zero-order valence-electron chi connectivity index (χ0n) is 15.7. The minimum Gasteiger partial charge on any atom is -0.368 e. The lowest BCUT2D eigenvalue weighted by Crippen LogP contribution is -2.51. The number of benzene rings is 1. The van der Waals surface area contributed by atoms with Crippen LogP contribution in [-0.4, -0.2) is 29.5 Å². The van der Waals surface area contributed by atoms with E-state index in [9.17, 15) is 14.4 Å². The van der Waals surface area contributed by atoms with E-state index in [0.29, 0.717) is 12.1 Å². The van der Waals surface area contributed by atoms with E-state index in [1.807, 2.05) is 45.9 Å². The first-order valence-electron chi connectivity index (χ1n) is 8.82. The summed E-state index contributed by atoms with van der Waals surface area (Å²) in [6.07, 6.45) is 1.12. The topological polar surface area (TPSA) is 105 Å². The molecule has 0 aromatic heterocycles. The van der Waals surface area contributed by atoms with Crippen LogP contribution in [0.4, 0.5) is 5.69 Å². The fourth-order valence-electron chi connectivity index (χ4n) is 2.81. The second-order valence-electron chi connectivity index (χ2n) is 6.78.